The minimum Gasteiger partial charge on any atom is -0.343 e. The van der Waals surface area contributed by atoms with Crippen LogP contribution in [-0.4, -0.2) is 10.1 Å². The maximum atomic E-state index is 3.59. The van der Waals surface area contributed by atoms with Crippen molar-refractivity contribution in [3.63, 3.8) is 0 Å². The first-order chi connectivity index (χ1) is 10.0. The van der Waals surface area contributed by atoms with E-state index < -0.39 is 0 Å². The first kappa shape index (κ1) is 14.4. The van der Waals surface area contributed by atoms with Crippen molar-refractivity contribution in [3.05, 3.63) is 58.4 Å². The van der Waals surface area contributed by atoms with Crippen LogP contribution in [0.15, 0.2) is 47.3 Å². The van der Waals surface area contributed by atoms with Crippen molar-refractivity contribution in [2.45, 2.75) is 39.4 Å². The number of rotatable bonds is 4. The van der Waals surface area contributed by atoms with E-state index in [2.05, 4.69) is 77.9 Å². The summed E-state index contributed by atoms with van der Waals surface area (Å²) in [5, 5.41) is 9.28. The summed E-state index contributed by atoms with van der Waals surface area (Å²) in [6.07, 6.45) is 2.20. The molecule has 1 aromatic carbocycles. The monoisotopic (exact) mass is 298 g/mol. The van der Waals surface area contributed by atoms with Crippen molar-refractivity contribution >= 4 is 22.2 Å². The van der Waals surface area contributed by atoms with E-state index >= 15 is 0 Å². The van der Waals surface area contributed by atoms with Gasteiger partial charge in [-0.2, -0.15) is 11.3 Å². The second-order valence-electron chi connectivity index (χ2n) is 6.53. The average Bonchev–Trinajstić information content (AvgIpc) is 3.06. The van der Waals surface area contributed by atoms with Crippen molar-refractivity contribution in [2.24, 2.45) is 0 Å². The van der Waals surface area contributed by atoms with Crippen LogP contribution >= 0.6 is 11.3 Å². The van der Waals surface area contributed by atoms with Crippen LogP contribution in [0.4, 0.5) is 0 Å². The second kappa shape index (κ2) is 5.66. The van der Waals surface area contributed by atoms with Gasteiger partial charge >= 0.3 is 0 Å². The lowest BCUT2D eigenvalue weighted by atomic mass is 10.1. The Labute approximate surface area is 130 Å². The molecule has 0 saturated heterocycles. The van der Waals surface area contributed by atoms with Gasteiger partial charge in [0, 0.05) is 24.8 Å². The topological polar surface area (TPSA) is 17.0 Å². The zero-order chi connectivity index (χ0) is 14.9. The fourth-order valence-electron chi connectivity index (χ4n) is 2.55. The predicted octanol–water partition coefficient (Wildman–Crippen LogP) is 4.64. The van der Waals surface area contributed by atoms with Gasteiger partial charge in [0.1, 0.15) is 0 Å². The third-order valence-electron chi connectivity index (χ3n) is 3.61. The molecule has 0 fully saturated rings. The Morgan fingerprint density at radius 2 is 2.00 bits per heavy atom. The summed E-state index contributed by atoms with van der Waals surface area (Å²) in [7, 11) is 0. The summed E-state index contributed by atoms with van der Waals surface area (Å²) in [4.78, 5) is 0. The molecular weight excluding hydrogens is 276 g/mol. The van der Waals surface area contributed by atoms with E-state index in [0.29, 0.717) is 0 Å². The van der Waals surface area contributed by atoms with Crippen molar-refractivity contribution in [3.8, 4) is 0 Å². The molecule has 0 bridgehead atoms. The standard InChI is InChI=1S/C18H22N2S/c1-18(2,3)19-11-16-6-4-5-15-7-9-20(17(15)16)12-14-8-10-21-13-14/h4-10,13,19H,11-12H2,1-3H3. The molecule has 2 nitrogen and oxygen atoms in total. The summed E-state index contributed by atoms with van der Waals surface area (Å²) in [5.74, 6) is 0. The van der Waals surface area contributed by atoms with Crippen LogP contribution in [0, 0.1) is 0 Å². The van der Waals surface area contributed by atoms with Crippen molar-refractivity contribution in [2.75, 3.05) is 0 Å². The van der Waals surface area contributed by atoms with Crippen LogP contribution in [0.1, 0.15) is 31.9 Å². The second-order valence-corrected chi connectivity index (χ2v) is 7.31. The molecule has 3 aromatic rings. The van der Waals surface area contributed by atoms with Gasteiger partial charge in [0.25, 0.3) is 0 Å². The molecule has 0 saturated carbocycles. The molecule has 2 heterocycles. The molecule has 110 valence electrons. The molecule has 0 aliphatic carbocycles. The quantitative estimate of drug-likeness (QED) is 0.742. The maximum Gasteiger partial charge on any atom is 0.0529 e. The van der Waals surface area contributed by atoms with E-state index in [1.165, 1.54) is 22.0 Å². The molecule has 1 N–H and O–H groups in total. The fourth-order valence-corrected chi connectivity index (χ4v) is 3.21. The summed E-state index contributed by atoms with van der Waals surface area (Å²) in [6, 6.07) is 11.0. The third kappa shape index (κ3) is 3.36. The third-order valence-corrected chi connectivity index (χ3v) is 4.35. The fraction of sp³-hybridized carbons (Fsp3) is 0.333. The molecule has 21 heavy (non-hydrogen) atoms. The summed E-state index contributed by atoms with van der Waals surface area (Å²) in [6.45, 7) is 8.46. The highest BCUT2D eigenvalue weighted by molar-refractivity contribution is 7.07. The van der Waals surface area contributed by atoms with E-state index in [1.54, 1.807) is 11.3 Å². The van der Waals surface area contributed by atoms with Gasteiger partial charge in [-0.1, -0.05) is 18.2 Å². The maximum absolute atomic E-state index is 3.59. The molecular formula is C18H22N2S. The summed E-state index contributed by atoms with van der Waals surface area (Å²) >= 11 is 1.76. The number of nitrogens with one attached hydrogen (secondary N) is 1. The van der Waals surface area contributed by atoms with Gasteiger partial charge in [0.2, 0.25) is 0 Å². The summed E-state index contributed by atoms with van der Waals surface area (Å²) in [5.41, 5.74) is 4.21. The first-order valence-electron chi connectivity index (χ1n) is 7.36. The molecule has 0 aliphatic heterocycles. The molecule has 0 atom stereocenters. The highest BCUT2D eigenvalue weighted by atomic mass is 32.1. The number of para-hydroxylation sites is 1. The SMILES string of the molecule is CC(C)(C)NCc1cccc2ccn(Cc3ccsc3)c12. The highest BCUT2D eigenvalue weighted by Gasteiger charge is 2.12. The van der Waals surface area contributed by atoms with Crippen LogP contribution in [0.2, 0.25) is 0 Å². The van der Waals surface area contributed by atoms with Gasteiger partial charge in [0.05, 0.1) is 5.52 Å². The Morgan fingerprint density at radius 1 is 1.14 bits per heavy atom. The van der Waals surface area contributed by atoms with E-state index in [4.69, 9.17) is 0 Å². The Kier molecular flexibility index (Phi) is 3.87. The average molecular weight is 298 g/mol. The number of hydrogen-bond donors (Lipinski definition) is 1. The van der Waals surface area contributed by atoms with Crippen molar-refractivity contribution in [1.29, 1.82) is 0 Å². The van der Waals surface area contributed by atoms with Crippen LogP contribution < -0.4 is 5.32 Å². The van der Waals surface area contributed by atoms with E-state index in [-0.39, 0.29) is 5.54 Å². The van der Waals surface area contributed by atoms with Crippen LogP contribution in [0.5, 0.6) is 0 Å². The predicted molar refractivity (Wildman–Crippen MR) is 92.0 cm³/mol. The van der Waals surface area contributed by atoms with E-state index in [0.717, 1.165) is 13.1 Å². The first-order valence-corrected chi connectivity index (χ1v) is 8.30. The largest absolute Gasteiger partial charge is 0.343 e. The van der Waals surface area contributed by atoms with Gasteiger partial charge in [0.15, 0.2) is 0 Å². The molecule has 0 spiro atoms. The minimum atomic E-state index is 0.132. The van der Waals surface area contributed by atoms with Crippen LogP contribution in [-0.2, 0) is 13.1 Å². The molecule has 3 heteroatoms. The molecule has 0 amide bonds. The van der Waals surface area contributed by atoms with Gasteiger partial charge in [-0.3, -0.25) is 0 Å². The van der Waals surface area contributed by atoms with Gasteiger partial charge in [-0.25, -0.2) is 0 Å². The molecule has 0 radical (unpaired) electrons. The van der Waals surface area contributed by atoms with Gasteiger partial charge in [-0.15, -0.1) is 0 Å². The van der Waals surface area contributed by atoms with Crippen LogP contribution in [0.3, 0.4) is 0 Å². The number of nitrogens with zero attached hydrogens (tertiary/aromatic N) is 1. The zero-order valence-corrected chi connectivity index (χ0v) is 13.7. The van der Waals surface area contributed by atoms with Gasteiger partial charge < -0.3 is 9.88 Å². The van der Waals surface area contributed by atoms with Gasteiger partial charge in [-0.05, 0) is 60.2 Å². The van der Waals surface area contributed by atoms with E-state index in [9.17, 15) is 0 Å². The Hall–Kier alpha value is -1.58. The molecule has 3 rings (SSSR count). The molecule has 2 aromatic heterocycles. The zero-order valence-electron chi connectivity index (χ0n) is 12.9. The number of hydrogen-bond acceptors (Lipinski definition) is 2. The lowest BCUT2D eigenvalue weighted by Gasteiger charge is -2.21. The number of benzene rings is 1. The lowest BCUT2D eigenvalue weighted by Crippen LogP contribution is -2.35. The minimum absolute atomic E-state index is 0.132. The summed E-state index contributed by atoms with van der Waals surface area (Å²) < 4.78 is 2.36. The smallest absolute Gasteiger partial charge is 0.0529 e. The number of fused-ring (bicyclic) bond motifs is 1. The normalized spacial score (nSPS) is 12.1. The van der Waals surface area contributed by atoms with E-state index in [1.807, 2.05) is 0 Å². The Morgan fingerprint density at radius 3 is 2.71 bits per heavy atom. The molecule has 0 unspecified atom stereocenters. The lowest BCUT2D eigenvalue weighted by molar-refractivity contribution is 0.425. The van der Waals surface area contributed by atoms with Crippen LogP contribution in [0.25, 0.3) is 10.9 Å². The Balaban J connectivity index is 1.94. The molecule has 0 aliphatic rings. The highest BCUT2D eigenvalue weighted by Crippen LogP contribution is 2.22. The Bertz CT molecular complexity index is 717. The van der Waals surface area contributed by atoms with Crippen molar-refractivity contribution in [1.82, 2.24) is 9.88 Å². The van der Waals surface area contributed by atoms with Crippen molar-refractivity contribution < 1.29 is 0 Å². The number of aromatic nitrogens is 1. The number of thiophene rings is 1.